The van der Waals surface area contributed by atoms with Crippen LogP contribution in [0, 0.1) is 20.2 Å². The number of nitro benzene ring substituents is 2. The summed E-state index contributed by atoms with van der Waals surface area (Å²) in [5.41, 5.74) is 0.0467. The minimum Gasteiger partial charge on any atom is -0.457 e. The number of carbonyl (C=O) groups excluding carboxylic acids is 1. The van der Waals surface area contributed by atoms with Crippen molar-refractivity contribution in [1.82, 2.24) is 0 Å². The normalized spacial score (nSPS) is 10.1. The number of hydrogen-bond donors (Lipinski definition) is 0. The lowest BCUT2D eigenvalue weighted by Crippen LogP contribution is -2.06. The number of halogens is 1. The van der Waals surface area contributed by atoms with E-state index in [-0.39, 0.29) is 28.6 Å². The van der Waals surface area contributed by atoms with Crippen molar-refractivity contribution in [3.63, 3.8) is 0 Å². The summed E-state index contributed by atoms with van der Waals surface area (Å²) in [6.45, 7) is -0.187. The van der Waals surface area contributed by atoms with Crippen LogP contribution in [0.3, 0.4) is 0 Å². The standard InChI is InChI=1S/C14H9ClN2O6/c15-13-7-11(17(21)22)4-5-12(13)14(18)23-8-9-2-1-3-10(6-9)16(19)20/h1-7H,8H2. The lowest BCUT2D eigenvalue weighted by molar-refractivity contribution is -0.385. The third kappa shape index (κ3) is 4.01. The largest absolute Gasteiger partial charge is 0.457 e. The molecule has 0 atom stereocenters. The number of non-ortho nitro benzene ring substituents is 2. The van der Waals surface area contributed by atoms with Gasteiger partial charge >= 0.3 is 5.97 Å². The first-order valence-corrected chi connectivity index (χ1v) is 6.60. The monoisotopic (exact) mass is 336 g/mol. The highest BCUT2D eigenvalue weighted by molar-refractivity contribution is 6.33. The first-order chi connectivity index (χ1) is 10.9. The van der Waals surface area contributed by atoms with Gasteiger partial charge in [-0.2, -0.15) is 0 Å². The van der Waals surface area contributed by atoms with Crippen molar-refractivity contribution in [3.8, 4) is 0 Å². The molecule has 2 aromatic rings. The first-order valence-electron chi connectivity index (χ1n) is 6.23. The number of esters is 1. The van der Waals surface area contributed by atoms with Gasteiger partial charge < -0.3 is 4.74 Å². The quantitative estimate of drug-likeness (QED) is 0.469. The van der Waals surface area contributed by atoms with Gasteiger partial charge in [-0.05, 0) is 11.6 Å². The van der Waals surface area contributed by atoms with E-state index in [1.165, 1.54) is 24.3 Å². The first kappa shape index (κ1) is 16.4. The van der Waals surface area contributed by atoms with Gasteiger partial charge in [-0.15, -0.1) is 0 Å². The molecule has 0 aliphatic carbocycles. The molecule has 0 spiro atoms. The summed E-state index contributed by atoms with van der Waals surface area (Å²) < 4.78 is 5.01. The van der Waals surface area contributed by atoms with Crippen LogP contribution in [0.25, 0.3) is 0 Å². The van der Waals surface area contributed by atoms with Gasteiger partial charge in [-0.3, -0.25) is 20.2 Å². The molecule has 0 aromatic heterocycles. The molecule has 2 rings (SSSR count). The summed E-state index contributed by atoms with van der Waals surface area (Å²) in [5.74, 6) is -0.781. The maximum absolute atomic E-state index is 11.9. The van der Waals surface area contributed by atoms with Gasteiger partial charge in [-0.25, -0.2) is 4.79 Å². The van der Waals surface area contributed by atoms with E-state index >= 15 is 0 Å². The van der Waals surface area contributed by atoms with Gasteiger partial charge in [0.05, 0.1) is 20.4 Å². The molecule has 0 radical (unpaired) electrons. The summed E-state index contributed by atoms with van der Waals surface area (Å²) in [4.78, 5) is 32.0. The Morgan fingerprint density at radius 2 is 1.70 bits per heavy atom. The van der Waals surface area contributed by atoms with Crippen LogP contribution in [-0.4, -0.2) is 15.8 Å². The van der Waals surface area contributed by atoms with Crippen molar-refractivity contribution in [2.75, 3.05) is 0 Å². The van der Waals surface area contributed by atoms with Crippen LogP contribution in [0.2, 0.25) is 5.02 Å². The van der Waals surface area contributed by atoms with E-state index in [2.05, 4.69) is 0 Å². The summed E-state index contributed by atoms with van der Waals surface area (Å²) in [5, 5.41) is 21.2. The summed E-state index contributed by atoms with van der Waals surface area (Å²) in [6, 6.07) is 9.01. The molecule has 0 saturated heterocycles. The zero-order valence-corrected chi connectivity index (χ0v) is 12.2. The minimum atomic E-state index is -0.781. The molecule has 0 fully saturated rings. The van der Waals surface area contributed by atoms with E-state index < -0.39 is 15.8 Å². The fourth-order valence-corrected chi connectivity index (χ4v) is 2.02. The van der Waals surface area contributed by atoms with Crippen LogP contribution in [0.15, 0.2) is 42.5 Å². The molecule has 8 nitrogen and oxygen atoms in total. The van der Waals surface area contributed by atoms with E-state index in [0.717, 1.165) is 12.1 Å². The second kappa shape index (κ2) is 6.84. The van der Waals surface area contributed by atoms with Gasteiger partial charge in [0.25, 0.3) is 11.4 Å². The van der Waals surface area contributed by atoms with Crippen LogP contribution < -0.4 is 0 Å². The van der Waals surface area contributed by atoms with Crippen LogP contribution >= 0.6 is 11.6 Å². The molecular weight excluding hydrogens is 328 g/mol. The van der Waals surface area contributed by atoms with E-state index in [1.54, 1.807) is 6.07 Å². The Morgan fingerprint density at radius 1 is 1.04 bits per heavy atom. The molecule has 0 aliphatic rings. The number of carbonyl (C=O) groups is 1. The van der Waals surface area contributed by atoms with E-state index in [9.17, 15) is 25.0 Å². The molecule has 0 bridgehead atoms. The maximum atomic E-state index is 11.9. The molecule has 0 unspecified atom stereocenters. The lowest BCUT2D eigenvalue weighted by Gasteiger charge is -2.06. The van der Waals surface area contributed by atoms with Crippen molar-refractivity contribution in [3.05, 3.63) is 78.8 Å². The number of hydrogen-bond acceptors (Lipinski definition) is 6. The van der Waals surface area contributed by atoms with Gasteiger partial charge in [-0.1, -0.05) is 23.7 Å². The topological polar surface area (TPSA) is 113 Å². The van der Waals surface area contributed by atoms with Crippen LogP contribution in [0.4, 0.5) is 11.4 Å². The molecule has 0 saturated carbocycles. The molecule has 2 aromatic carbocycles. The fraction of sp³-hybridized carbons (Fsp3) is 0.0714. The third-order valence-corrected chi connectivity index (χ3v) is 3.19. The molecule has 0 amide bonds. The molecule has 9 heteroatoms. The van der Waals surface area contributed by atoms with Gasteiger partial charge in [0.15, 0.2) is 0 Å². The molecule has 118 valence electrons. The van der Waals surface area contributed by atoms with Crippen LogP contribution in [-0.2, 0) is 11.3 Å². The van der Waals surface area contributed by atoms with Crippen molar-refractivity contribution in [2.24, 2.45) is 0 Å². The number of nitro groups is 2. The number of nitrogens with zero attached hydrogens (tertiary/aromatic N) is 2. The highest BCUT2D eigenvalue weighted by Crippen LogP contribution is 2.23. The van der Waals surface area contributed by atoms with Crippen molar-refractivity contribution in [2.45, 2.75) is 6.61 Å². The second-order valence-corrected chi connectivity index (χ2v) is 4.83. The predicted octanol–water partition coefficient (Wildman–Crippen LogP) is 3.51. The molecule has 23 heavy (non-hydrogen) atoms. The molecule has 0 N–H and O–H groups in total. The van der Waals surface area contributed by atoms with Gasteiger partial charge in [0.2, 0.25) is 0 Å². The van der Waals surface area contributed by atoms with Crippen molar-refractivity contribution >= 4 is 28.9 Å². The highest BCUT2D eigenvalue weighted by atomic mass is 35.5. The second-order valence-electron chi connectivity index (χ2n) is 4.42. The van der Waals surface area contributed by atoms with Crippen LogP contribution in [0.5, 0.6) is 0 Å². The molecule has 0 aliphatic heterocycles. The minimum absolute atomic E-state index is 0.0253. The smallest absolute Gasteiger partial charge is 0.339 e. The average molecular weight is 337 g/mol. The van der Waals surface area contributed by atoms with E-state index in [1.807, 2.05) is 0 Å². The summed E-state index contributed by atoms with van der Waals surface area (Å²) in [6.07, 6.45) is 0. The van der Waals surface area contributed by atoms with Crippen molar-refractivity contribution in [1.29, 1.82) is 0 Å². The summed E-state index contributed by atoms with van der Waals surface area (Å²) >= 11 is 5.82. The maximum Gasteiger partial charge on any atom is 0.339 e. The lowest BCUT2D eigenvalue weighted by atomic mass is 10.2. The molecular formula is C14H9ClN2O6. The van der Waals surface area contributed by atoms with Gasteiger partial charge in [0.1, 0.15) is 6.61 Å². The zero-order valence-electron chi connectivity index (χ0n) is 11.5. The highest BCUT2D eigenvalue weighted by Gasteiger charge is 2.16. The zero-order chi connectivity index (χ0) is 17.0. The molecule has 0 heterocycles. The Kier molecular flexibility index (Phi) is 4.87. The van der Waals surface area contributed by atoms with Crippen LogP contribution in [0.1, 0.15) is 15.9 Å². The Labute approximate surface area is 134 Å². The number of rotatable bonds is 5. The third-order valence-electron chi connectivity index (χ3n) is 2.87. The Bertz CT molecular complexity index is 793. The number of benzene rings is 2. The predicted molar refractivity (Wildman–Crippen MR) is 80.3 cm³/mol. The Hall–Kier alpha value is -3.00. The Balaban J connectivity index is 2.09. The SMILES string of the molecule is O=C(OCc1cccc([N+](=O)[O-])c1)c1ccc([N+](=O)[O-])cc1Cl. The van der Waals surface area contributed by atoms with Crippen molar-refractivity contribution < 1.29 is 19.4 Å². The Morgan fingerprint density at radius 3 is 2.30 bits per heavy atom. The fourth-order valence-electron chi connectivity index (χ4n) is 1.77. The van der Waals surface area contributed by atoms with Gasteiger partial charge in [0, 0.05) is 24.3 Å². The average Bonchev–Trinajstić information content (AvgIpc) is 2.52. The number of ether oxygens (including phenoxy) is 1. The van der Waals surface area contributed by atoms with E-state index in [4.69, 9.17) is 16.3 Å². The van der Waals surface area contributed by atoms with E-state index in [0.29, 0.717) is 5.56 Å². The summed E-state index contributed by atoms with van der Waals surface area (Å²) in [7, 11) is 0.